The molecule has 2 fully saturated rings. The van der Waals surface area contributed by atoms with Crippen molar-refractivity contribution in [3.05, 3.63) is 22.4 Å². The van der Waals surface area contributed by atoms with Crippen molar-refractivity contribution < 1.29 is 14.4 Å². The van der Waals surface area contributed by atoms with Crippen molar-refractivity contribution in [1.29, 1.82) is 0 Å². The number of likely N-dealkylation sites (tertiary alicyclic amines) is 1. The molecule has 0 aromatic carbocycles. The molecular weight excluding hydrogens is 374 g/mol. The molecule has 1 aliphatic carbocycles. The van der Waals surface area contributed by atoms with E-state index >= 15 is 0 Å². The van der Waals surface area contributed by atoms with E-state index in [1.165, 1.54) is 11.3 Å². The van der Waals surface area contributed by atoms with Crippen molar-refractivity contribution in [2.45, 2.75) is 76.9 Å². The predicted molar refractivity (Wildman–Crippen MR) is 110 cm³/mol. The Morgan fingerprint density at radius 2 is 1.93 bits per heavy atom. The third-order valence-corrected chi connectivity index (χ3v) is 6.48. The molecule has 2 N–H and O–H groups in total. The van der Waals surface area contributed by atoms with E-state index in [9.17, 15) is 14.4 Å². The Hall–Kier alpha value is -1.89. The summed E-state index contributed by atoms with van der Waals surface area (Å²) < 4.78 is 0. The van der Waals surface area contributed by atoms with E-state index in [4.69, 9.17) is 0 Å². The summed E-state index contributed by atoms with van der Waals surface area (Å²) in [4.78, 5) is 40.6. The van der Waals surface area contributed by atoms with Gasteiger partial charge in [-0.25, -0.2) is 0 Å². The second-order valence-corrected chi connectivity index (χ2v) is 9.17. The SMILES string of the molecule is CC(C)NC(=O)C1CCCC(NC(=O)C2CCCCN2C(=O)c2cccs2)C1. The zero-order valence-electron chi connectivity index (χ0n) is 16.8. The third kappa shape index (κ3) is 5.13. The van der Waals surface area contributed by atoms with Gasteiger partial charge in [-0.15, -0.1) is 11.3 Å². The lowest BCUT2D eigenvalue weighted by Crippen LogP contribution is -2.54. The first-order valence-corrected chi connectivity index (χ1v) is 11.3. The summed E-state index contributed by atoms with van der Waals surface area (Å²) in [6, 6.07) is 3.40. The lowest BCUT2D eigenvalue weighted by Gasteiger charge is -2.36. The van der Waals surface area contributed by atoms with Crippen LogP contribution in [0, 0.1) is 5.92 Å². The van der Waals surface area contributed by atoms with Gasteiger partial charge >= 0.3 is 0 Å². The first kappa shape index (κ1) is 20.8. The van der Waals surface area contributed by atoms with Crippen LogP contribution in [0.4, 0.5) is 0 Å². The molecule has 2 heterocycles. The highest BCUT2D eigenvalue weighted by atomic mass is 32.1. The maximum Gasteiger partial charge on any atom is 0.264 e. The summed E-state index contributed by atoms with van der Waals surface area (Å²) >= 11 is 1.41. The quantitative estimate of drug-likeness (QED) is 0.791. The molecule has 28 heavy (non-hydrogen) atoms. The topological polar surface area (TPSA) is 78.5 Å². The van der Waals surface area contributed by atoms with Gasteiger partial charge in [0.25, 0.3) is 5.91 Å². The van der Waals surface area contributed by atoms with Gasteiger partial charge in [0, 0.05) is 24.5 Å². The maximum absolute atomic E-state index is 13.0. The minimum Gasteiger partial charge on any atom is -0.354 e. The summed E-state index contributed by atoms with van der Waals surface area (Å²) in [6.45, 7) is 4.55. The third-order valence-electron chi connectivity index (χ3n) is 5.62. The van der Waals surface area contributed by atoms with E-state index < -0.39 is 6.04 Å². The number of rotatable bonds is 5. The highest BCUT2D eigenvalue weighted by Gasteiger charge is 2.35. The Kier molecular flexibility index (Phi) is 7.10. The molecule has 0 spiro atoms. The molecule has 1 aliphatic heterocycles. The zero-order valence-corrected chi connectivity index (χ0v) is 17.6. The molecule has 2 aliphatic rings. The van der Waals surface area contributed by atoms with Crippen molar-refractivity contribution >= 4 is 29.1 Å². The Bertz CT molecular complexity index is 689. The fourth-order valence-electron chi connectivity index (χ4n) is 4.25. The van der Waals surface area contributed by atoms with Gasteiger partial charge in [0.15, 0.2) is 0 Å². The van der Waals surface area contributed by atoms with Gasteiger partial charge in [0.05, 0.1) is 4.88 Å². The van der Waals surface area contributed by atoms with Crippen molar-refractivity contribution in [3.8, 4) is 0 Å². The smallest absolute Gasteiger partial charge is 0.264 e. The molecule has 1 aromatic rings. The zero-order chi connectivity index (χ0) is 20.1. The number of thiophene rings is 1. The van der Waals surface area contributed by atoms with Crippen LogP contribution in [0.15, 0.2) is 17.5 Å². The average molecular weight is 406 g/mol. The van der Waals surface area contributed by atoms with Crippen LogP contribution in [-0.4, -0.2) is 47.3 Å². The van der Waals surface area contributed by atoms with Crippen LogP contribution in [0.2, 0.25) is 0 Å². The molecule has 0 bridgehead atoms. The maximum atomic E-state index is 13.0. The van der Waals surface area contributed by atoms with Crippen LogP contribution in [-0.2, 0) is 9.59 Å². The highest BCUT2D eigenvalue weighted by Crippen LogP contribution is 2.26. The molecule has 7 heteroatoms. The second kappa shape index (κ2) is 9.54. The molecular formula is C21H31N3O3S. The van der Waals surface area contributed by atoms with Gasteiger partial charge < -0.3 is 15.5 Å². The molecule has 3 rings (SSSR count). The summed E-state index contributed by atoms with van der Waals surface area (Å²) in [5, 5.41) is 8.02. The van der Waals surface area contributed by atoms with Gasteiger partial charge in [-0.05, 0) is 63.8 Å². The number of nitrogens with zero attached hydrogens (tertiary/aromatic N) is 1. The summed E-state index contributed by atoms with van der Waals surface area (Å²) in [6.07, 6.45) is 5.96. The molecule has 1 saturated heterocycles. The van der Waals surface area contributed by atoms with Crippen LogP contribution in [0.25, 0.3) is 0 Å². The van der Waals surface area contributed by atoms with E-state index in [1.807, 2.05) is 31.4 Å². The lowest BCUT2D eigenvalue weighted by molar-refractivity contribution is -0.130. The van der Waals surface area contributed by atoms with Crippen LogP contribution >= 0.6 is 11.3 Å². The van der Waals surface area contributed by atoms with Crippen molar-refractivity contribution in [3.63, 3.8) is 0 Å². The predicted octanol–water partition coefficient (Wildman–Crippen LogP) is 2.94. The first-order valence-electron chi connectivity index (χ1n) is 10.4. The van der Waals surface area contributed by atoms with Gasteiger partial charge in [0.1, 0.15) is 6.04 Å². The Balaban J connectivity index is 1.60. The molecule has 1 aromatic heterocycles. The van der Waals surface area contributed by atoms with E-state index in [1.54, 1.807) is 4.90 Å². The molecule has 3 unspecified atom stereocenters. The standard InChI is InChI=1S/C21H31N3O3S/c1-14(2)22-19(25)15-7-5-8-16(13-15)23-20(26)17-9-3-4-11-24(17)21(27)18-10-6-12-28-18/h6,10,12,14-17H,3-5,7-9,11,13H2,1-2H3,(H,22,25)(H,23,26). The summed E-state index contributed by atoms with van der Waals surface area (Å²) in [5.74, 6) is -0.0787. The number of nitrogens with one attached hydrogen (secondary N) is 2. The number of carbonyl (C=O) groups is 3. The summed E-state index contributed by atoms with van der Waals surface area (Å²) in [7, 11) is 0. The monoisotopic (exact) mass is 405 g/mol. The van der Waals surface area contributed by atoms with E-state index in [0.717, 1.165) is 32.1 Å². The van der Waals surface area contributed by atoms with E-state index in [0.29, 0.717) is 24.3 Å². The number of carbonyl (C=O) groups excluding carboxylic acids is 3. The Labute approximate surface area is 171 Å². The highest BCUT2D eigenvalue weighted by molar-refractivity contribution is 7.12. The van der Waals surface area contributed by atoms with Crippen LogP contribution < -0.4 is 10.6 Å². The molecule has 154 valence electrons. The fraction of sp³-hybridized carbons (Fsp3) is 0.667. The van der Waals surface area contributed by atoms with Gasteiger partial charge in [-0.2, -0.15) is 0 Å². The van der Waals surface area contributed by atoms with Crippen LogP contribution in [0.3, 0.4) is 0 Å². The lowest BCUT2D eigenvalue weighted by atomic mass is 9.84. The first-order chi connectivity index (χ1) is 13.5. The Morgan fingerprint density at radius 1 is 1.11 bits per heavy atom. The van der Waals surface area contributed by atoms with Crippen LogP contribution in [0.5, 0.6) is 0 Å². The fourth-order valence-corrected chi connectivity index (χ4v) is 4.93. The van der Waals surface area contributed by atoms with Gasteiger partial charge in [-0.1, -0.05) is 12.5 Å². The molecule has 3 amide bonds. The molecule has 6 nitrogen and oxygen atoms in total. The number of hydrogen-bond acceptors (Lipinski definition) is 4. The van der Waals surface area contributed by atoms with Crippen molar-refractivity contribution in [1.82, 2.24) is 15.5 Å². The average Bonchev–Trinajstić information content (AvgIpc) is 3.22. The summed E-state index contributed by atoms with van der Waals surface area (Å²) in [5.41, 5.74) is 0. The number of hydrogen-bond donors (Lipinski definition) is 2. The van der Waals surface area contributed by atoms with Crippen molar-refractivity contribution in [2.75, 3.05) is 6.54 Å². The Morgan fingerprint density at radius 3 is 2.64 bits per heavy atom. The largest absolute Gasteiger partial charge is 0.354 e. The van der Waals surface area contributed by atoms with Crippen molar-refractivity contribution in [2.24, 2.45) is 5.92 Å². The van der Waals surface area contributed by atoms with Crippen LogP contribution in [0.1, 0.15) is 68.5 Å². The minimum atomic E-state index is -0.409. The minimum absolute atomic E-state index is 0.00442. The van der Waals surface area contributed by atoms with E-state index in [2.05, 4.69) is 10.6 Å². The van der Waals surface area contributed by atoms with E-state index in [-0.39, 0.29) is 35.7 Å². The number of piperidine rings is 1. The molecule has 1 saturated carbocycles. The van der Waals surface area contributed by atoms with Gasteiger partial charge in [0.2, 0.25) is 11.8 Å². The molecule has 0 radical (unpaired) electrons. The number of amides is 3. The molecule has 3 atom stereocenters. The van der Waals surface area contributed by atoms with Gasteiger partial charge in [-0.3, -0.25) is 14.4 Å². The second-order valence-electron chi connectivity index (χ2n) is 8.22. The normalized spacial score (nSPS) is 25.4.